The number of alkyl halides is 3. The van der Waals surface area contributed by atoms with Crippen molar-refractivity contribution < 1.29 is 27.8 Å². The number of anilines is 1. The highest BCUT2D eigenvalue weighted by Gasteiger charge is 2.37. The first-order chi connectivity index (χ1) is 10.8. The van der Waals surface area contributed by atoms with Crippen molar-refractivity contribution in [2.75, 3.05) is 24.6 Å². The number of benzene rings is 1. The molecule has 3 rings (SSSR count). The molecule has 1 amide bonds. The summed E-state index contributed by atoms with van der Waals surface area (Å²) in [6.45, 7) is 0.229. The van der Waals surface area contributed by atoms with Crippen molar-refractivity contribution in [1.82, 2.24) is 5.43 Å². The Balaban J connectivity index is 1.97. The number of hydrogen-bond acceptors (Lipinski definition) is 5. The molecular formula is C14H14F3N3O3. The van der Waals surface area contributed by atoms with Gasteiger partial charge in [-0.25, -0.2) is 5.43 Å². The number of carbonyl (C=O) groups excluding carboxylic acids is 1. The summed E-state index contributed by atoms with van der Waals surface area (Å²) in [7, 11) is 0. The summed E-state index contributed by atoms with van der Waals surface area (Å²) < 4.78 is 45.1. The lowest BCUT2D eigenvalue weighted by molar-refractivity contribution is -0.137. The molecule has 0 saturated carbocycles. The zero-order valence-electron chi connectivity index (χ0n) is 11.9. The van der Waals surface area contributed by atoms with E-state index < -0.39 is 23.8 Å². The van der Waals surface area contributed by atoms with Crippen LogP contribution in [0.1, 0.15) is 17.5 Å². The molecule has 2 aliphatic heterocycles. The summed E-state index contributed by atoms with van der Waals surface area (Å²) >= 11 is 0. The van der Waals surface area contributed by atoms with E-state index in [1.165, 1.54) is 17.0 Å². The molecule has 1 aromatic carbocycles. The van der Waals surface area contributed by atoms with E-state index in [2.05, 4.69) is 10.5 Å². The van der Waals surface area contributed by atoms with Crippen LogP contribution in [-0.4, -0.2) is 42.7 Å². The van der Waals surface area contributed by atoms with Crippen LogP contribution in [0.4, 0.5) is 18.9 Å². The second-order valence-electron chi connectivity index (χ2n) is 5.36. The maximum atomic E-state index is 13.4. The van der Waals surface area contributed by atoms with E-state index in [1.807, 2.05) is 0 Å². The molecule has 1 unspecified atom stereocenters. The SMILES string of the molecule is O=C1COC(c2ccc(N3CCC(O)C3)c(C(F)(F)F)c2)=NN1. The molecule has 1 atom stereocenters. The van der Waals surface area contributed by atoms with E-state index in [0.29, 0.717) is 13.0 Å². The molecule has 0 spiro atoms. The first-order valence-electron chi connectivity index (χ1n) is 6.98. The molecule has 6 nitrogen and oxygen atoms in total. The molecule has 2 heterocycles. The van der Waals surface area contributed by atoms with Gasteiger partial charge in [-0.15, -0.1) is 5.10 Å². The van der Waals surface area contributed by atoms with Gasteiger partial charge in [-0.05, 0) is 24.6 Å². The number of aliphatic hydroxyl groups is 1. The lowest BCUT2D eigenvalue weighted by Gasteiger charge is -2.24. The van der Waals surface area contributed by atoms with Gasteiger partial charge in [-0.1, -0.05) is 0 Å². The van der Waals surface area contributed by atoms with Gasteiger partial charge in [0.1, 0.15) is 0 Å². The standard InChI is InChI=1S/C14H14F3N3O3/c15-14(16,17)10-5-8(13-19-18-12(22)7-23-13)1-2-11(10)20-4-3-9(21)6-20/h1-2,5,9,21H,3-4,6-7H2,(H,18,22). The quantitative estimate of drug-likeness (QED) is 0.852. The maximum Gasteiger partial charge on any atom is 0.418 e. The molecular weight excluding hydrogens is 315 g/mol. The Morgan fingerprint density at radius 3 is 2.74 bits per heavy atom. The van der Waals surface area contributed by atoms with Gasteiger partial charge in [0.15, 0.2) is 6.61 Å². The van der Waals surface area contributed by atoms with Gasteiger partial charge in [0, 0.05) is 24.3 Å². The fourth-order valence-corrected chi connectivity index (χ4v) is 2.59. The molecule has 124 valence electrons. The van der Waals surface area contributed by atoms with E-state index in [9.17, 15) is 23.1 Å². The number of rotatable bonds is 2. The Labute approximate surface area is 129 Å². The predicted octanol–water partition coefficient (Wildman–Crippen LogP) is 1.08. The van der Waals surface area contributed by atoms with Crippen LogP contribution in [0.25, 0.3) is 0 Å². The molecule has 0 bridgehead atoms. The highest BCUT2D eigenvalue weighted by atomic mass is 19.4. The number of carbonyl (C=O) groups is 1. The third-order valence-electron chi connectivity index (χ3n) is 3.68. The van der Waals surface area contributed by atoms with Crippen LogP contribution in [0.15, 0.2) is 23.3 Å². The molecule has 2 N–H and O–H groups in total. The molecule has 1 aromatic rings. The number of amides is 1. The summed E-state index contributed by atoms with van der Waals surface area (Å²) in [6.07, 6.45) is -4.75. The van der Waals surface area contributed by atoms with Crippen LogP contribution in [0, 0.1) is 0 Å². The summed E-state index contributed by atoms with van der Waals surface area (Å²) in [6, 6.07) is 3.72. The van der Waals surface area contributed by atoms with Gasteiger partial charge in [-0.3, -0.25) is 4.79 Å². The van der Waals surface area contributed by atoms with E-state index >= 15 is 0 Å². The third kappa shape index (κ3) is 3.24. The number of halogens is 3. The normalized spacial score (nSPS) is 21.7. The second kappa shape index (κ2) is 5.73. The number of β-amino-alcohol motifs (C(OH)–C–C–N with tert-alkyl or cyclic N) is 1. The number of ether oxygens (including phenoxy) is 1. The zero-order valence-corrected chi connectivity index (χ0v) is 11.9. The minimum absolute atomic E-state index is 0.0123. The van der Waals surface area contributed by atoms with Crippen molar-refractivity contribution in [3.8, 4) is 0 Å². The average Bonchev–Trinajstić information content (AvgIpc) is 2.93. The molecule has 9 heteroatoms. The Hall–Kier alpha value is -2.29. The second-order valence-corrected chi connectivity index (χ2v) is 5.36. The summed E-state index contributed by atoms with van der Waals surface area (Å²) in [5.74, 6) is -0.532. The van der Waals surface area contributed by atoms with Gasteiger partial charge in [0.25, 0.3) is 5.91 Å². The predicted molar refractivity (Wildman–Crippen MR) is 74.9 cm³/mol. The molecule has 0 aliphatic carbocycles. The molecule has 23 heavy (non-hydrogen) atoms. The molecule has 0 radical (unpaired) electrons. The molecule has 0 aromatic heterocycles. The number of aliphatic hydroxyl groups excluding tert-OH is 1. The number of hydrogen-bond donors (Lipinski definition) is 2. The Morgan fingerprint density at radius 2 is 2.17 bits per heavy atom. The first-order valence-corrected chi connectivity index (χ1v) is 6.98. The fraction of sp³-hybridized carbons (Fsp3) is 0.429. The largest absolute Gasteiger partial charge is 0.466 e. The van der Waals surface area contributed by atoms with Crippen LogP contribution in [0.3, 0.4) is 0 Å². The minimum atomic E-state index is -4.56. The summed E-state index contributed by atoms with van der Waals surface area (Å²) in [5.41, 5.74) is 1.48. The lowest BCUT2D eigenvalue weighted by Crippen LogP contribution is -2.32. The summed E-state index contributed by atoms with van der Waals surface area (Å²) in [5, 5.41) is 13.2. The van der Waals surface area contributed by atoms with Crippen LogP contribution in [0.5, 0.6) is 0 Å². The Kier molecular flexibility index (Phi) is 3.88. The van der Waals surface area contributed by atoms with Crippen molar-refractivity contribution in [3.63, 3.8) is 0 Å². The topological polar surface area (TPSA) is 74.2 Å². The van der Waals surface area contributed by atoms with Crippen molar-refractivity contribution in [1.29, 1.82) is 0 Å². The highest BCUT2D eigenvalue weighted by Crippen LogP contribution is 2.38. The fourth-order valence-electron chi connectivity index (χ4n) is 2.59. The molecule has 1 fully saturated rings. The average molecular weight is 329 g/mol. The van der Waals surface area contributed by atoms with Gasteiger partial charge < -0.3 is 14.7 Å². The Bertz CT molecular complexity index is 660. The van der Waals surface area contributed by atoms with Crippen LogP contribution in [-0.2, 0) is 15.7 Å². The van der Waals surface area contributed by atoms with Gasteiger partial charge in [0.05, 0.1) is 11.7 Å². The van der Waals surface area contributed by atoms with Crippen LogP contribution < -0.4 is 10.3 Å². The third-order valence-corrected chi connectivity index (χ3v) is 3.68. The minimum Gasteiger partial charge on any atom is -0.466 e. The van der Waals surface area contributed by atoms with Gasteiger partial charge in [-0.2, -0.15) is 13.2 Å². The zero-order chi connectivity index (χ0) is 16.6. The molecule has 2 aliphatic rings. The van der Waals surface area contributed by atoms with Crippen molar-refractivity contribution in [2.24, 2.45) is 5.10 Å². The van der Waals surface area contributed by atoms with E-state index in [0.717, 1.165) is 6.07 Å². The van der Waals surface area contributed by atoms with E-state index in [1.54, 1.807) is 0 Å². The van der Waals surface area contributed by atoms with E-state index in [4.69, 9.17) is 4.74 Å². The summed E-state index contributed by atoms with van der Waals surface area (Å²) in [4.78, 5) is 12.5. The Morgan fingerprint density at radius 1 is 1.39 bits per heavy atom. The lowest BCUT2D eigenvalue weighted by atomic mass is 10.1. The monoisotopic (exact) mass is 329 g/mol. The van der Waals surface area contributed by atoms with Crippen molar-refractivity contribution in [2.45, 2.75) is 18.7 Å². The van der Waals surface area contributed by atoms with Crippen LogP contribution in [0.2, 0.25) is 0 Å². The van der Waals surface area contributed by atoms with Crippen molar-refractivity contribution in [3.05, 3.63) is 29.3 Å². The number of nitrogens with one attached hydrogen (secondary N) is 1. The smallest absolute Gasteiger partial charge is 0.418 e. The maximum absolute atomic E-state index is 13.4. The van der Waals surface area contributed by atoms with Crippen molar-refractivity contribution >= 4 is 17.5 Å². The molecule has 1 saturated heterocycles. The van der Waals surface area contributed by atoms with Gasteiger partial charge >= 0.3 is 6.18 Å². The first kappa shape index (κ1) is 15.6. The van der Waals surface area contributed by atoms with Gasteiger partial charge in [0.2, 0.25) is 5.90 Å². The highest BCUT2D eigenvalue weighted by molar-refractivity contribution is 5.98. The van der Waals surface area contributed by atoms with Crippen LogP contribution >= 0.6 is 0 Å². The number of hydrazone groups is 1. The number of nitrogens with zero attached hydrogens (tertiary/aromatic N) is 2. The van der Waals surface area contributed by atoms with E-state index in [-0.39, 0.29) is 30.3 Å².